The van der Waals surface area contributed by atoms with Gasteiger partial charge in [-0.15, -0.1) is 0 Å². The fraction of sp³-hybridized carbons (Fsp3) is 0.714. The monoisotopic (exact) mass is 343 g/mol. The molecule has 2 N–H and O–H groups in total. The fourth-order valence-electron chi connectivity index (χ4n) is 2.37. The van der Waals surface area contributed by atoms with Gasteiger partial charge in [-0.25, -0.2) is 4.68 Å². The first-order valence-electron chi connectivity index (χ1n) is 7.25. The Kier molecular flexibility index (Phi) is 5.60. The van der Waals surface area contributed by atoms with Crippen molar-refractivity contribution in [3.63, 3.8) is 0 Å². The van der Waals surface area contributed by atoms with Gasteiger partial charge in [-0.2, -0.15) is 5.10 Å². The van der Waals surface area contributed by atoms with Crippen LogP contribution in [0.5, 0.6) is 0 Å². The van der Waals surface area contributed by atoms with Crippen LogP contribution in [-0.2, 0) is 6.54 Å². The summed E-state index contributed by atoms with van der Waals surface area (Å²) in [7, 11) is 0. The zero-order valence-electron chi connectivity index (χ0n) is 11.8. The molecule has 0 aliphatic heterocycles. The van der Waals surface area contributed by atoms with Crippen LogP contribution in [0.3, 0.4) is 0 Å². The molecule has 1 heterocycles. The number of aliphatic hydroxyl groups is 1. The van der Waals surface area contributed by atoms with Gasteiger partial charge in [-0.3, -0.25) is 4.79 Å². The predicted molar refractivity (Wildman–Crippen MR) is 82.9 cm³/mol. The highest BCUT2D eigenvalue weighted by Gasteiger charge is 2.20. The number of nitrogens with zero attached hydrogens (tertiary/aromatic N) is 2. The molecule has 1 saturated carbocycles. The van der Waals surface area contributed by atoms with Gasteiger partial charge in [0.1, 0.15) is 5.69 Å². The second-order valence-electron chi connectivity index (χ2n) is 5.56. The lowest BCUT2D eigenvalue weighted by atomic mass is 9.85. The number of hydrogen-bond acceptors (Lipinski definition) is 4. The van der Waals surface area contributed by atoms with Crippen LogP contribution in [0.4, 0.5) is 5.69 Å². The van der Waals surface area contributed by atoms with Crippen molar-refractivity contribution in [3.8, 4) is 0 Å². The standard InChI is InChI=1S/C14H22BrN3O2/c1-10(4-3-7-19)17-13-12(15)8-16-18(14(13)20)9-11-5-2-6-11/h8,10-11,17,19H,2-7,9H2,1H3. The SMILES string of the molecule is CC(CCCO)Nc1c(Br)cnn(CC2CCC2)c1=O. The smallest absolute Gasteiger partial charge is 0.291 e. The van der Waals surface area contributed by atoms with Crippen LogP contribution in [0.2, 0.25) is 0 Å². The molecule has 1 fully saturated rings. The lowest BCUT2D eigenvalue weighted by Gasteiger charge is -2.25. The second-order valence-corrected chi connectivity index (χ2v) is 6.42. The van der Waals surface area contributed by atoms with Crippen LogP contribution in [-0.4, -0.2) is 27.5 Å². The zero-order valence-corrected chi connectivity index (χ0v) is 13.4. The Morgan fingerprint density at radius 2 is 2.35 bits per heavy atom. The Balaban J connectivity index is 2.09. The average Bonchev–Trinajstić information content (AvgIpc) is 2.38. The molecule has 1 aromatic heterocycles. The van der Waals surface area contributed by atoms with E-state index in [0.717, 1.165) is 12.8 Å². The Hall–Kier alpha value is -0.880. The number of nitrogens with one attached hydrogen (secondary N) is 1. The third-order valence-electron chi connectivity index (χ3n) is 3.84. The van der Waals surface area contributed by atoms with E-state index in [1.807, 2.05) is 6.92 Å². The Bertz CT molecular complexity index is 500. The van der Waals surface area contributed by atoms with Crippen molar-refractivity contribution >= 4 is 21.6 Å². The molecule has 1 aromatic rings. The molecule has 20 heavy (non-hydrogen) atoms. The maximum absolute atomic E-state index is 12.4. The third kappa shape index (κ3) is 3.82. The quantitative estimate of drug-likeness (QED) is 0.797. The molecule has 112 valence electrons. The lowest BCUT2D eigenvalue weighted by molar-refractivity contribution is 0.261. The van der Waals surface area contributed by atoms with Crippen molar-refractivity contribution in [2.24, 2.45) is 5.92 Å². The summed E-state index contributed by atoms with van der Waals surface area (Å²) in [4.78, 5) is 12.4. The van der Waals surface area contributed by atoms with Crippen molar-refractivity contribution in [1.29, 1.82) is 0 Å². The number of rotatable bonds is 7. The van der Waals surface area contributed by atoms with Gasteiger partial charge in [0.15, 0.2) is 0 Å². The molecule has 1 aliphatic rings. The summed E-state index contributed by atoms with van der Waals surface area (Å²) in [5.74, 6) is 0.598. The Morgan fingerprint density at radius 3 is 2.95 bits per heavy atom. The van der Waals surface area contributed by atoms with Crippen molar-refractivity contribution in [3.05, 3.63) is 21.0 Å². The van der Waals surface area contributed by atoms with Crippen molar-refractivity contribution in [2.45, 2.75) is 51.6 Å². The molecule has 0 radical (unpaired) electrons. The van der Waals surface area contributed by atoms with E-state index < -0.39 is 0 Å². The third-order valence-corrected chi connectivity index (χ3v) is 4.44. The summed E-state index contributed by atoms with van der Waals surface area (Å²) < 4.78 is 2.26. The summed E-state index contributed by atoms with van der Waals surface area (Å²) >= 11 is 3.39. The maximum Gasteiger partial charge on any atom is 0.291 e. The molecule has 1 aliphatic carbocycles. The van der Waals surface area contributed by atoms with Gasteiger partial charge < -0.3 is 10.4 Å². The van der Waals surface area contributed by atoms with Crippen molar-refractivity contribution in [2.75, 3.05) is 11.9 Å². The first kappa shape index (κ1) is 15.5. The molecular weight excluding hydrogens is 322 g/mol. The average molecular weight is 344 g/mol. The van der Waals surface area contributed by atoms with Gasteiger partial charge in [-0.05, 0) is 54.5 Å². The first-order valence-corrected chi connectivity index (χ1v) is 8.04. The molecule has 0 spiro atoms. The molecule has 0 saturated heterocycles. The predicted octanol–water partition coefficient (Wildman–Crippen LogP) is 2.38. The highest BCUT2D eigenvalue weighted by atomic mass is 79.9. The molecule has 6 heteroatoms. The fourth-order valence-corrected chi connectivity index (χ4v) is 2.74. The van der Waals surface area contributed by atoms with Gasteiger partial charge in [0.05, 0.1) is 10.7 Å². The molecule has 1 unspecified atom stereocenters. The second kappa shape index (κ2) is 7.22. The van der Waals surface area contributed by atoms with E-state index in [-0.39, 0.29) is 18.2 Å². The largest absolute Gasteiger partial charge is 0.396 e. The van der Waals surface area contributed by atoms with E-state index in [1.165, 1.54) is 19.3 Å². The van der Waals surface area contributed by atoms with Gasteiger partial charge in [0.2, 0.25) is 0 Å². The topological polar surface area (TPSA) is 67.2 Å². The van der Waals surface area contributed by atoms with Crippen molar-refractivity contribution < 1.29 is 5.11 Å². The molecule has 1 atom stereocenters. The summed E-state index contributed by atoms with van der Waals surface area (Å²) in [5, 5.41) is 16.3. The number of anilines is 1. The summed E-state index contributed by atoms with van der Waals surface area (Å²) in [5.41, 5.74) is 0.506. The normalized spacial score (nSPS) is 16.8. The number of hydrogen-bond donors (Lipinski definition) is 2. The molecular formula is C14H22BrN3O2. The van der Waals surface area contributed by atoms with Gasteiger partial charge in [0, 0.05) is 19.2 Å². The Labute approximate surface area is 127 Å². The van der Waals surface area contributed by atoms with E-state index in [4.69, 9.17) is 5.11 Å². The van der Waals surface area contributed by atoms with E-state index in [9.17, 15) is 4.79 Å². The minimum absolute atomic E-state index is 0.0675. The first-order chi connectivity index (χ1) is 9.61. The number of halogens is 1. The molecule has 0 amide bonds. The Morgan fingerprint density at radius 1 is 1.60 bits per heavy atom. The molecule has 0 aromatic carbocycles. The minimum atomic E-state index is -0.0675. The van der Waals surface area contributed by atoms with Gasteiger partial charge >= 0.3 is 0 Å². The minimum Gasteiger partial charge on any atom is -0.396 e. The number of aliphatic hydroxyl groups excluding tert-OH is 1. The van der Waals surface area contributed by atoms with Crippen LogP contribution in [0, 0.1) is 5.92 Å². The number of aromatic nitrogens is 2. The van der Waals surface area contributed by atoms with Crippen LogP contribution in [0.15, 0.2) is 15.5 Å². The van der Waals surface area contributed by atoms with Crippen LogP contribution in [0.1, 0.15) is 39.0 Å². The van der Waals surface area contributed by atoms with E-state index in [2.05, 4.69) is 26.3 Å². The lowest BCUT2D eigenvalue weighted by Crippen LogP contribution is -2.32. The molecule has 0 bridgehead atoms. The molecule has 2 rings (SSSR count). The summed E-state index contributed by atoms with van der Waals surface area (Å²) in [6.07, 6.45) is 6.89. The van der Waals surface area contributed by atoms with E-state index >= 15 is 0 Å². The van der Waals surface area contributed by atoms with Gasteiger partial charge in [0.25, 0.3) is 5.56 Å². The van der Waals surface area contributed by atoms with Crippen LogP contribution in [0.25, 0.3) is 0 Å². The molecule has 5 nitrogen and oxygen atoms in total. The maximum atomic E-state index is 12.4. The zero-order chi connectivity index (χ0) is 14.5. The van der Waals surface area contributed by atoms with E-state index in [0.29, 0.717) is 22.6 Å². The highest BCUT2D eigenvalue weighted by Crippen LogP contribution is 2.27. The van der Waals surface area contributed by atoms with E-state index in [1.54, 1.807) is 10.9 Å². The summed E-state index contributed by atoms with van der Waals surface area (Å²) in [6.45, 7) is 2.90. The van der Waals surface area contributed by atoms with Crippen LogP contribution >= 0.6 is 15.9 Å². The van der Waals surface area contributed by atoms with Crippen LogP contribution < -0.4 is 10.9 Å². The highest BCUT2D eigenvalue weighted by molar-refractivity contribution is 9.10. The van der Waals surface area contributed by atoms with Crippen molar-refractivity contribution in [1.82, 2.24) is 9.78 Å². The van der Waals surface area contributed by atoms with Gasteiger partial charge in [-0.1, -0.05) is 6.42 Å². The summed E-state index contributed by atoms with van der Waals surface area (Å²) in [6, 6.07) is 0.144.